The zero-order chi connectivity index (χ0) is 15.9. The number of aryl methyl sites for hydroxylation is 1. The van der Waals surface area contributed by atoms with Gasteiger partial charge in [0.25, 0.3) is 5.91 Å². The highest BCUT2D eigenvalue weighted by molar-refractivity contribution is 5.94. The Kier molecular flexibility index (Phi) is 5.42. The van der Waals surface area contributed by atoms with Gasteiger partial charge in [-0.05, 0) is 55.3 Å². The van der Waals surface area contributed by atoms with Crippen molar-refractivity contribution in [2.75, 3.05) is 13.7 Å². The average Bonchev–Trinajstić information content (AvgIpc) is 2.55. The summed E-state index contributed by atoms with van der Waals surface area (Å²) in [6.07, 6.45) is 0. The number of methoxy groups -OCH3 is 1. The van der Waals surface area contributed by atoms with Crippen LogP contribution in [0.5, 0.6) is 11.5 Å². The van der Waals surface area contributed by atoms with Gasteiger partial charge in [0.05, 0.1) is 13.7 Å². The summed E-state index contributed by atoms with van der Waals surface area (Å²) in [5.74, 6) is 1.52. The molecule has 0 spiro atoms. The van der Waals surface area contributed by atoms with Gasteiger partial charge >= 0.3 is 0 Å². The molecule has 4 nitrogen and oxygen atoms in total. The number of ether oxygens (including phenoxy) is 2. The Labute approximate surface area is 131 Å². The van der Waals surface area contributed by atoms with Crippen LogP contribution in [0.1, 0.15) is 28.4 Å². The lowest BCUT2D eigenvalue weighted by Gasteiger charge is -2.10. The highest BCUT2D eigenvalue weighted by Crippen LogP contribution is 2.19. The lowest BCUT2D eigenvalue weighted by molar-refractivity contribution is 0.0951. The van der Waals surface area contributed by atoms with Crippen molar-refractivity contribution in [2.45, 2.75) is 20.4 Å². The van der Waals surface area contributed by atoms with Gasteiger partial charge in [0.2, 0.25) is 0 Å². The molecule has 2 aromatic rings. The summed E-state index contributed by atoms with van der Waals surface area (Å²) in [5.41, 5.74) is 2.62. The molecule has 0 aliphatic heterocycles. The third-order valence-corrected chi connectivity index (χ3v) is 3.35. The van der Waals surface area contributed by atoms with Crippen molar-refractivity contribution >= 4 is 5.91 Å². The number of hydrogen-bond acceptors (Lipinski definition) is 3. The van der Waals surface area contributed by atoms with E-state index in [0.717, 1.165) is 22.6 Å². The second-order valence-electron chi connectivity index (χ2n) is 4.94. The Morgan fingerprint density at radius 2 is 1.86 bits per heavy atom. The predicted octanol–water partition coefficient (Wildman–Crippen LogP) is 3.33. The van der Waals surface area contributed by atoms with Gasteiger partial charge in [-0.2, -0.15) is 0 Å². The summed E-state index contributed by atoms with van der Waals surface area (Å²) >= 11 is 0. The molecule has 0 saturated heterocycles. The first-order chi connectivity index (χ1) is 10.6. The molecular weight excluding hydrogens is 278 g/mol. The maximum absolute atomic E-state index is 12.2. The molecule has 1 amide bonds. The summed E-state index contributed by atoms with van der Waals surface area (Å²) in [4.78, 5) is 12.2. The number of rotatable bonds is 6. The Hall–Kier alpha value is -2.49. The van der Waals surface area contributed by atoms with Gasteiger partial charge in [-0.1, -0.05) is 12.1 Å². The Morgan fingerprint density at radius 3 is 2.45 bits per heavy atom. The minimum atomic E-state index is -0.0954. The fourth-order valence-corrected chi connectivity index (χ4v) is 2.14. The molecule has 0 aliphatic rings. The van der Waals surface area contributed by atoms with E-state index in [1.807, 2.05) is 50.2 Å². The zero-order valence-corrected chi connectivity index (χ0v) is 13.2. The fraction of sp³-hybridized carbons (Fsp3) is 0.278. The summed E-state index contributed by atoms with van der Waals surface area (Å²) in [5, 5.41) is 2.91. The van der Waals surface area contributed by atoms with Crippen LogP contribution in [0, 0.1) is 6.92 Å². The molecule has 0 unspecified atom stereocenters. The van der Waals surface area contributed by atoms with Gasteiger partial charge in [0.1, 0.15) is 11.5 Å². The number of hydrogen-bond donors (Lipinski definition) is 1. The van der Waals surface area contributed by atoms with Gasteiger partial charge in [0.15, 0.2) is 0 Å². The number of amides is 1. The maximum Gasteiger partial charge on any atom is 0.251 e. The third-order valence-electron chi connectivity index (χ3n) is 3.35. The molecule has 0 aromatic heterocycles. The molecule has 0 saturated carbocycles. The highest BCUT2D eigenvalue weighted by Gasteiger charge is 2.08. The van der Waals surface area contributed by atoms with Crippen molar-refractivity contribution in [3.05, 3.63) is 59.2 Å². The monoisotopic (exact) mass is 299 g/mol. The van der Waals surface area contributed by atoms with E-state index in [0.29, 0.717) is 18.7 Å². The van der Waals surface area contributed by atoms with Crippen LogP contribution in [0.3, 0.4) is 0 Å². The molecule has 22 heavy (non-hydrogen) atoms. The first-order valence-corrected chi connectivity index (χ1v) is 7.28. The second-order valence-corrected chi connectivity index (χ2v) is 4.94. The van der Waals surface area contributed by atoms with E-state index < -0.39 is 0 Å². The Morgan fingerprint density at radius 1 is 1.14 bits per heavy atom. The molecule has 1 N–H and O–H groups in total. The van der Waals surface area contributed by atoms with Crippen LogP contribution in [0.25, 0.3) is 0 Å². The van der Waals surface area contributed by atoms with Crippen molar-refractivity contribution < 1.29 is 14.3 Å². The molecule has 4 heteroatoms. The average molecular weight is 299 g/mol. The second kappa shape index (κ2) is 7.50. The van der Waals surface area contributed by atoms with Crippen LogP contribution >= 0.6 is 0 Å². The number of carbonyl (C=O) groups excluding carboxylic acids is 1. The van der Waals surface area contributed by atoms with E-state index in [9.17, 15) is 4.79 Å². The smallest absolute Gasteiger partial charge is 0.251 e. The Balaban J connectivity index is 1.98. The number of benzene rings is 2. The van der Waals surface area contributed by atoms with E-state index in [2.05, 4.69) is 5.32 Å². The lowest BCUT2D eigenvalue weighted by atomic mass is 10.1. The molecule has 0 radical (unpaired) electrons. The molecule has 0 atom stereocenters. The van der Waals surface area contributed by atoms with Crippen molar-refractivity contribution in [3.63, 3.8) is 0 Å². The largest absolute Gasteiger partial charge is 0.497 e. The molecule has 0 heterocycles. The molecular formula is C18H21NO3. The van der Waals surface area contributed by atoms with Crippen LogP contribution in [0.4, 0.5) is 0 Å². The molecule has 2 aromatic carbocycles. The van der Waals surface area contributed by atoms with Crippen molar-refractivity contribution in [1.82, 2.24) is 5.32 Å². The van der Waals surface area contributed by atoms with E-state index in [-0.39, 0.29) is 5.91 Å². The van der Waals surface area contributed by atoms with Crippen molar-refractivity contribution in [1.29, 1.82) is 0 Å². The SMILES string of the molecule is CCOc1ccc(C(=O)NCc2ccc(OC)cc2)cc1C. The van der Waals surface area contributed by atoms with E-state index in [4.69, 9.17) is 9.47 Å². The van der Waals surface area contributed by atoms with E-state index in [1.165, 1.54) is 0 Å². The van der Waals surface area contributed by atoms with Gasteiger partial charge in [-0.15, -0.1) is 0 Å². The van der Waals surface area contributed by atoms with Gasteiger partial charge < -0.3 is 14.8 Å². The molecule has 116 valence electrons. The van der Waals surface area contributed by atoms with Crippen LogP contribution in [-0.2, 0) is 6.54 Å². The summed E-state index contributed by atoms with van der Waals surface area (Å²) in [6.45, 7) is 4.97. The zero-order valence-electron chi connectivity index (χ0n) is 13.2. The molecule has 0 bridgehead atoms. The predicted molar refractivity (Wildman–Crippen MR) is 86.5 cm³/mol. The van der Waals surface area contributed by atoms with Crippen LogP contribution in [0.2, 0.25) is 0 Å². The summed E-state index contributed by atoms with van der Waals surface area (Å²) in [6, 6.07) is 13.1. The number of nitrogens with one attached hydrogen (secondary N) is 1. The van der Waals surface area contributed by atoms with Crippen LogP contribution in [0.15, 0.2) is 42.5 Å². The normalized spacial score (nSPS) is 10.1. The van der Waals surface area contributed by atoms with Gasteiger partial charge in [-0.25, -0.2) is 0 Å². The van der Waals surface area contributed by atoms with Crippen molar-refractivity contribution in [2.24, 2.45) is 0 Å². The first-order valence-electron chi connectivity index (χ1n) is 7.28. The van der Waals surface area contributed by atoms with E-state index >= 15 is 0 Å². The lowest BCUT2D eigenvalue weighted by Crippen LogP contribution is -2.22. The first kappa shape index (κ1) is 15.9. The Bertz CT molecular complexity index is 635. The molecule has 2 rings (SSSR count). The molecule has 0 fully saturated rings. The molecule has 0 aliphatic carbocycles. The summed E-state index contributed by atoms with van der Waals surface area (Å²) < 4.78 is 10.6. The van der Waals surface area contributed by atoms with Crippen LogP contribution < -0.4 is 14.8 Å². The standard InChI is InChI=1S/C18H21NO3/c1-4-22-17-10-7-15(11-13(17)2)18(20)19-12-14-5-8-16(21-3)9-6-14/h5-11H,4,12H2,1-3H3,(H,19,20). The minimum absolute atomic E-state index is 0.0954. The number of carbonyl (C=O) groups is 1. The topological polar surface area (TPSA) is 47.6 Å². The third kappa shape index (κ3) is 4.01. The van der Waals surface area contributed by atoms with Crippen LogP contribution in [-0.4, -0.2) is 19.6 Å². The highest BCUT2D eigenvalue weighted by atomic mass is 16.5. The minimum Gasteiger partial charge on any atom is -0.497 e. The van der Waals surface area contributed by atoms with Gasteiger partial charge in [-0.3, -0.25) is 4.79 Å². The van der Waals surface area contributed by atoms with Crippen molar-refractivity contribution in [3.8, 4) is 11.5 Å². The maximum atomic E-state index is 12.2. The van der Waals surface area contributed by atoms with Gasteiger partial charge in [0, 0.05) is 12.1 Å². The summed E-state index contributed by atoms with van der Waals surface area (Å²) in [7, 11) is 1.63. The van der Waals surface area contributed by atoms with E-state index in [1.54, 1.807) is 13.2 Å². The quantitative estimate of drug-likeness (QED) is 0.890. The fourth-order valence-electron chi connectivity index (χ4n) is 2.14.